The zero-order chi connectivity index (χ0) is 16.5. The first kappa shape index (κ1) is 17.1. The van der Waals surface area contributed by atoms with Crippen molar-refractivity contribution in [3.8, 4) is 11.5 Å². The average molecular weight is 316 g/mol. The Morgan fingerprint density at radius 2 is 2.26 bits per heavy atom. The maximum atomic E-state index is 11.9. The molecule has 1 aromatic carbocycles. The highest BCUT2D eigenvalue weighted by Gasteiger charge is 2.09. The first-order chi connectivity index (χ1) is 11.2. The summed E-state index contributed by atoms with van der Waals surface area (Å²) in [6.07, 6.45) is 7.03. The summed E-state index contributed by atoms with van der Waals surface area (Å²) in [5.41, 5.74) is 2.28. The highest BCUT2D eigenvalue weighted by atomic mass is 16.5. The van der Waals surface area contributed by atoms with Crippen molar-refractivity contribution in [1.29, 1.82) is 0 Å². The largest absolute Gasteiger partial charge is 0.493 e. The molecule has 0 atom stereocenters. The molecule has 0 saturated heterocycles. The number of benzene rings is 1. The minimum absolute atomic E-state index is 0.0230. The van der Waals surface area contributed by atoms with E-state index in [0.717, 1.165) is 25.1 Å². The van der Waals surface area contributed by atoms with Gasteiger partial charge in [-0.05, 0) is 37.6 Å². The molecule has 23 heavy (non-hydrogen) atoms. The summed E-state index contributed by atoms with van der Waals surface area (Å²) in [4.78, 5) is 11.9. The molecule has 5 nitrogen and oxygen atoms in total. The van der Waals surface area contributed by atoms with Gasteiger partial charge in [0.1, 0.15) is 0 Å². The molecular weight excluding hydrogens is 292 g/mol. The van der Waals surface area contributed by atoms with Crippen molar-refractivity contribution in [3.05, 3.63) is 41.5 Å². The molecular formula is C18H24N2O3. The molecule has 1 aliphatic rings. The van der Waals surface area contributed by atoms with Crippen LogP contribution in [-0.4, -0.2) is 39.3 Å². The molecule has 0 saturated carbocycles. The van der Waals surface area contributed by atoms with Gasteiger partial charge < -0.3 is 20.1 Å². The summed E-state index contributed by atoms with van der Waals surface area (Å²) in [5.74, 6) is 1.05. The molecule has 0 fully saturated rings. The third-order valence-electron chi connectivity index (χ3n) is 3.58. The number of rotatable bonds is 7. The van der Waals surface area contributed by atoms with Crippen molar-refractivity contribution < 1.29 is 14.3 Å². The normalized spacial score (nSPS) is 14.4. The molecule has 0 aromatic heterocycles. The fourth-order valence-electron chi connectivity index (χ4n) is 2.34. The van der Waals surface area contributed by atoms with Crippen molar-refractivity contribution >= 4 is 12.0 Å². The van der Waals surface area contributed by atoms with Crippen LogP contribution in [0.15, 0.2) is 35.9 Å². The lowest BCUT2D eigenvalue weighted by Gasteiger charge is -2.15. The summed E-state index contributed by atoms with van der Waals surface area (Å²) < 4.78 is 10.9. The second-order valence-corrected chi connectivity index (χ2v) is 5.29. The van der Waals surface area contributed by atoms with Crippen LogP contribution in [0.4, 0.5) is 0 Å². The maximum absolute atomic E-state index is 11.9. The smallest absolute Gasteiger partial charge is 0.258 e. The Kier molecular flexibility index (Phi) is 6.69. The van der Waals surface area contributed by atoms with E-state index in [9.17, 15) is 4.79 Å². The van der Waals surface area contributed by atoms with Crippen LogP contribution >= 0.6 is 0 Å². The molecule has 1 aromatic rings. The number of methoxy groups -OCH3 is 1. The number of hydrogen-bond donors (Lipinski definition) is 2. The maximum Gasteiger partial charge on any atom is 0.258 e. The molecule has 0 aliphatic carbocycles. The minimum Gasteiger partial charge on any atom is -0.493 e. The van der Waals surface area contributed by atoms with Crippen LogP contribution in [0, 0.1) is 0 Å². The second kappa shape index (κ2) is 9.00. The first-order valence-corrected chi connectivity index (χ1v) is 7.81. The lowest BCUT2D eigenvalue weighted by molar-refractivity contribution is -0.122. The van der Waals surface area contributed by atoms with E-state index in [1.807, 2.05) is 37.3 Å². The van der Waals surface area contributed by atoms with Crippen LogP contribution in [0.3, 0.4) is 0 Å². The molecule has 0 bridgehead atoms. The van der Waals surface area contributed by atoms with E-state index in [-0.39, 0.29) is 12.5 Å². The highest BCUT2D eigenvalue weighted by Crippen LogP contribution is 2.28. The van der Waals surface area contributed by atoms with E-state index in [4.69, 9.17) is 9.47 Å². The molecule has 0 spiro atoms. The van der Waals surface area contributed by atoms with Crippen molar-refractivity contribution in [2.75, 3.05) is 33.4 Å². The Bertz CT molecular complexity index is 594. The predicted octanol–water partition coefficient (Wildman–Crippen LogP) is 2.14. The van der Waals surface area contributed by atoms with E-state index in [1.54, 1.807) is 7.11 Å². The molecule has 1 aliphatic heterocycles. The van der Waals surface area contributed by atoms with E-state index in [0.29, 0.717) is 18.0 Å². The Morgan fingerprint density at radius 3 is 2.96 bits per heavy atom. The van der Waals surface area contributed by atoms with E-state index >= 15 is 0 Å². The zero-order valence-electron chi connectivity index (χ0n) is 13.7. The Morgan fingerprint density at radius 1 is 1.39 bits per heavy atom. The van der Waals surface area contributed by atoms with Crippen LogP contribution in [0.25, 0.3) is 6.08 Å². The highest BCUT2D eigenvalue weighted by molar-refractivity contribution is 5.77. The van der Waals surface area contributed by atoms with Crippen molar-refractivity contribution in [2.45, 2.75) is 13.3 Å². The summed E-state index contributed by atoms with van der Waals surface area (Å²) in [6, 6.07) is 5.62. The number of amides is 1. The second-order valence-electron chi connectivity index (χ2n) is 5.29. The molecule has 0 unspecified atom stereocenters. The van der Waals surface area contributed by atoms with E-state index in [1.165, 1.54) is 5.57 Å². The number of nitrogens with one attached hydrogen (secondary N) is 2. The predicted molar refractivity (Wildman–Crippen MR) is 91.8 cm³/mol. The van der Waals surface area contributed by atoms with Crippen LogP contribution in [0.5, 0.6) is 11.5 Å². The zero-order valence-corrected chi connectivity index (χ0v) is 13.7. The number of allylic oxidation sites excluding steroid dienone is 1. The quantitative estimate of drug-likeness (QED) is 0.757. The van der Waals surface area contributed by atoms with Gasteiger partial charge in [-0.1, -0.05) is 29.9 Å². The molecule has 1 amide bonds. The summed E-state index contributed by atoms with van der Waals surface area (Å²) in [7, 11) is 1.59. The van der Waals surface area contributed by atoms with Crippen LogP contribution in [-0.2, 0) is 4.79 Å². The van der Waals surface area contributed by atoms with Crippen molar-refractivity contribution in [1.82, 2.24) is 10.6 Å². The first-order valence-electron chi connectivity index (χ1n) is 7.81. The number of carbonyl (C=O) groups is 1. The molecule has 5 heteroatoms. The van der Waals surface area contributed by atoms with Gasteiger partial charge in [0, 0.05) is 13.1 Å². The number of carbonyl (C=O) groups excluding carboxylic acids is 1. The van der Waals surface area contributed by atoms with Crippen LogP contribution < -0.4 is 20.1 Å². The van der Waals surface area contributed by atoms with Gasteiger partial charge in [-0.2, -0.15) is 0 Å². The summed E-state index contributed by atoms with van der Waals surface area (Å²) >= 11 is 0. The Balaban J connectivity index is 1.84. The van der Waals surface area contributed by atoms with Gasteiger partial charge in [0.2, 0.25) is 0 Å². The molecule has 0 radical (unpaired) electrons. The van der Waals surface area contributed by atoms with Crippen LogP contribution in [0.1, 0.15) is 18.9 Å². The monoisotopic (exact) mass is 316 g/mol. The molecule has 124 valence electrons. The molecule has 1 heterocycles. The molecule has 2 N–H and O–H groups in total. The van der Waals surface area contributed by atoms with Crippen molar-refractivity contribution in [3.63, 3.8) is 0 Å². The Labute approximate surface area is 137 Å². The Hall–Kier alpha value is -2.27. The fraction of sp³-hybridized carbons (Fsp3) is 0.389. The van der Waals surface area contributed by atoms with Gasteiger partial charge in [-0.3, -0.25) is 4.79 Å². The van der Waals surface area contributed by atoms with Gasteiger partial charge in [-0.25, -0.2) is 0 Å². The van der Waals surface area contributed by atoms with Crippen LogP contribution in [0.2, 0.25) is 0 Å². The fourth-order valence-corrected chi connectivity index (χ4v) is 2.34. The lowest BCUT2D eigenvalue weighted by Crippen LogP contribution is -2.32. The van der Waals surface area contributed by atoms with Gasteiger partial charge in [-0.15, -0.1) is 0 Å². The minimum atomic E-state index is -0.135. The lowest BCUT2D eigenvalue weighted by atomic mass is 10.1. The van der Waals surface area contributed by atoms with E-state index < -0.39 is 0 Å². The summed E-state index contributed by atoms with van der Waals surface area (Å²) in [6.45, 7) is 4.36. The standard InChI is InChI=1S/C18H24N2O3/c1-3-4-14-5-6-16(17(11-14)22-2)23-13-18(21)20-12-15-7-9-19-10-8-15/h3-7,11,19H,8-10,12-13H2,1-2H3,(H,20,21)/b4-3+. The number of ether oxygens (including phenoxy) is 2. The third-order valence-corrected chi connectivity index (χ3v) is 3.58. The van der Waals surface area contributed by atoms with Gasteiger partial charge >= 0.3 is 0 Å². The molecule has 2 rings (SSSR count). The SMILES string of the molecule is C/C=C/c1ccc(OCC(=O)NCC2=CCNCC2)c(OC)c1. The third kappa shape index (κ3) is 5.45. The van der Waals surface area contributed by atoms with E-state index in [2.05, 4.69) is 16.7 Å². The summed E-state index contributed by atoms with van der Waals surface area (Å²) in [5, 5.41) is 6.12. The number of hydrogen-bond acceptors (Lipinski definition) is 4. The van der Waals surface area contributed by atoms with Crippen molar-refractivity contribution in [2.24, 2.45) is 0 Å². The van der Waals surface area contributed by atoms with Gasteiger partial charge in [0.15, 0.2) is 18.1 Å². The topological polar surface area (TPSA) is 59.6 Å². The van der Waals surface area contributed by atoms with Gasteiger partial charge in [0.05, 0.1) is 7.11 Å². The average Bonchev–Trinajstić information content (AvgIpc) is 2.59. The van der Waals surface area contributed by atoms with Gasteiger partial charge in [0.25, 0.3) is 5.91 Å².